The first-order valence-electron chi connectivity index (χ1n) is 8.65. The van der Waals surface area contributed by atoms with Crippen LogP contribution in [0.4, 0.5) is 0 Å². The van der Waals surface area contributed by atoms with E-state index < -0.39 is 0 Å². The fourth-order valence-corrected chi connectivity index (χ4v) is 3.74. The van der Waals surface area contributed by atoms with Gasteiger partial charge in [-0.2, -0.15) is 0 Å². The summed E-state index contributed by atoms with van der Waals surface area (Å²) < 4.78 is 0. The molecule has 2 atom stereocenters. The predicted octanol–water partition coefficient (Wildman–Crippen LogP) is 4.15. The van der Waals surface area contributed by atoms with E-state index in [4.69, 9.17) is 0 Å². The number of hydrogen-bond donors (Lipinski definition) is 2. The molecule has 0 fully saturated rings. The van der Waals surface area contributed by atoms with Crippen molar-refractivity contribution in [2.24, 2.45) is 5.92 Å². The van der Waals surface area contributed by atoms with Gasteiger partial charge in [0.05, 0.1) is 6.04 Å². The van der Waals surface area contributed by atoms with Gasteiger partial charge in [0.15, 0.2) is 0 Å². The lowest BCUT2D eigenvalue weighted by Crippen LogP contribution is -2.32. The Bertz CT molecular complexity index is 880. The monoisotopic (exact) mass is 318 g/mol. The molecule has 24 heavy (non-hydrogen) atoms. The van der Waals surface area contributed by atoms with Crippen LogP contribution in [-0.2, 0) is 17.6 Å². The molecule has 0 saturated carbocycles. The number of nitrogens with one attached hydrogen (secondary N) is 2. The van der Waals surface area contributed by atoms with Crippen LogP contribution in [0.2, 0.25) is 0 Å². The first kappa shape index (κ1) is 15.0. The maximum Gasteiger partial charge on any atom is 0.223 e. The molecule has 1 aliphatic rings. The Kier molecular flexibility index (Phi) is 3.85. The van der Waals surface area contributed by atoms with E-state index in [9.17, 15) is 4.79 Å². The van der Waals surface area contributed by atoms with E-state index in [1.165, 1.54) is 22.1 Å². The summed E-state index contributed by atoms with van der Waals surface area (Å²) in [5, 5.41) is 4.46. The highest BCUT2D eigenvalue weighted by atomic mass is 16.1. The van der Waals surface area contributed by atoms with Gasteiger partial charge in [-0.3, -0.25) is 4.79 Å². The van der Waals surface area contributed by atoms with Crippen molar-refractivity contribution in [2.75, 3.05) is 0 Å². The molecule has 1 heterocycles. The van der Waals surface area contributed by atoms with E-state index >= 15 is 0 Å². The molecule has 1 aromatic heterocycles. The minimum Gasteiger partial charge on any atom is -0.361 e. The van der Waals surface area contributed by atoms with Crippen molar-refractivity contribution < 1.29 is 4.79 Å². The topological polar surface area (TPSA) is 44.9 Å². The van der Waals surface area contributed by atoms with E-state index in [1.807, 2.05) is 25.3 Å². The van der Waals surface area contributed by atoms with Gasteiger partial charge in [0, 0.05) is 23.0 Å². The summed E-state index contributed by atoms with van der Waals surface area (Å²) in [6, 6.07) is 16.8. The molecule has 0 saturated heterocycles. The molecule has 4 rings (SSSR count). The van der Waals surface area contributed by atoms with Gasteiger partial charge in [-0.15, -0.1) is 0 Å². The van der Waals surface area contributed by atoms with Gasteiger partial charge in [0.25, 0.3) is 0 Å². The molecule has 0 bridgehead atoms. The number of benzene rings is 2. The number of carbonyl (C=O) groups is 1. The molecular weight excluding hydrogens is 296 g/mol. The summed E-state index contributed by atoms with van der Waals surface area (Å²) in [5.41, 5.74) is 4.99. The van der Waals surface area contributed by atoms with E-state index in [0.717, 1.165) is 24.8 Å². The van der Waals surface area contributed by atoms with Crippen molar-refractivity contribution in [3.63, 3.8) is 0 Å². The highest BCUT2D eigenvalue weighted by Gasteiger charge is 2.25. The number of aryl methyl sites for hydroxylation is 1. The second-order valence-corrected chi connectivity index (χ2v) is 6.76. The van der Waals surface area contributed by atoms with Crippen molar-refractivity contribution in [1.82, 2.24) is 10.3 Å². The normalized spacial score (nSPS) is 17.6. The molecule has 1 aliphatic carbocycles. The predicted molar refractivity (Wildman–Crippen MR) is 96.8 cm³/mol. The first-order valence-corrected chi connectivity index (χ1v) is 8.65. The van der Waals surface area contributed by atoms with Crippen LogP contribution in [0, 0.1) is 5.92 Å². The standard InChI is InChI=1S/C21H22N2O/c1-14(12-16-13-22-19-9-5-4-8-18(16)19)21(24)23-20-11-10-15-6-2-3-7-17(15)20/h2-9,13-14,20,22H,10-12H2,1H3,(H,23,24). The van der Waals surface area contributed by atoms with Gasteiger partial charge >= 0.3 is 0 Å². The molecule has 2 unspecified atom stereocenters. The van der Waals surface area contributed by atoms with Gasteiger partial charge in [-0.05, 0) is 42.0 Å². The molecule has 1 amide bonds. The van der Waals surface area contributed by atoms with Crippen LogP contribution in [0.1, 0.15) is 36.1 Å². The van der Waals surface area contributed by atoms with Crippen LogP contribution in [0.3, 0.4) is 0 Å². The Morgan fingerprint density at radius 3 is 2.92 bits per heavy atom. The largest absolute Gasteiger partial charge is 0.361 e. The lowest BCUT2D eigenvalue weighted by Gasteiger charge is -2.18. The Balaban J connectivity index is 1.45. The van der Waals surface area contributed by atoms with Crippen molar-refractivity contribution in [3.8, 4) is 0 Å². The van der Waals surface area contributed by atoms with Crippen LogP contribution in [0.5, 0.6) is 0 Å². The Morgan fingerprint density at radius 2 is 2.00 bits per heavy atom. The summed E-state index contributed by atoms with van der Waals surface area (Å²) in [6.07, 6.45) is 4.84. The number of hydrogen-bond acceptors (Lipinski definition) is 1. The zero-order valence-electron chi connectivity index (χ0n) is 13.9. The molecular formula is C21H22N2O. The number of H-pyrrole nitrogens is 1. The Labute approximate surface area is 142 Å². The lowest BCUT2D eigenvalue weighted by molar-refractivity contribution is -0.125. The van der Waals surface area contributed by atoms with Gasteiger partial charge in [0.2, 0.25) is 5.91 Å². The maximum atomic E-state index is 12.6. The molecule has 0 radical (unpaired) electrons. The van der Waals surface area contributed by atoms with Crippen molar-refractivity contribution in [1.29, 1.82) is 0 Å². The van der Waals surface area contributed by atoms with Crippen molar-refractivity contribution in [3.05, 3.63) is 71.4 Å². The van der Waals surface area contributed by atoms with Gasteiger partial charge in [-0.1, -0.05) is 49.4 Å². The van der Waals surface area contributed by atoms with E-state index in [2.05, 4.69) is 46.7 Å². The highest BCUT2D eigenvalue weighted by Crippen LogP contribution is 2.31. The lowest BCUT2D eigenvalue weighted by atomic mass is 9.99. The Hall–Kier alpha value is -2.55. The number of para-hydroxylation sites is 1. The quantitative estimate of drug-likeness (QED) is 0.746. The van der Waals surface area contributed by atoms with Crippen LogP contribution >= 0.6 is 0 Å². The smallest absolute Gasteiger partial charge is 0.223 e. The van der Waals surface area contributed by atoms with Gasteiger partial charge in [0.1, 0.15) is 0 Å². The first-order chi connectivity index (χ1) is 11.7. The van der Waals surface area contributed by atoms with Crippen LogP contribution in [-0.4, -0.2) is 10.9 Å². The zero-order valence-corrected chi connectivity index (χ0v) is 13.9. The number of carbonyl (C=O) groups excluding carboxylic acids is 1. The average molecular weight is 318 g/mol. The van der Waals surface area contributed by atoms with Crippen molar-refractivity contribution >= 4 is 16.8 Å². The molecule has 3 heteroatoms. The second-order valence-electron chi connectivity index (χ2n) is 6.76. The summed E-state index contributed by atoms with van der Waals surface area (Å²) >= 11 is 0. The number of aromatic amines is 1. The van der Waals surface area contributed by atoms with Crippen molar-refractivity contribution in [2.45, 2.75) is 32.2 Å². The second kappa shape index (κ2) is 6.16. The van der Waals surface area contributed by atoms with E-state index in [-0.39, 0.29) is 17.9 Å². The minimum absolute atomic E-state index is 0.0445. The summed E-state index contributed by atoms with van der Waals surface area (Å²) in [7, 11) is 0. The van der Waals surface area contributed by atoms with Crippen LogP contribution < -0.4 is 5.32 Å². The number of aromatic nitrogens is 1. The summed E-state index contributed by atoms with van der Waals surface area (Å²) in [6.45, 7) is 2.01. The number of fused-ring (bicyclic) bond motifs is 2. The van der Waals surface area contributed by atoms with E-state index in [1.54, 1.807) is 0 Å². The molecule has 2 N–H and O–H groups in total. The third-order valence-corrected chi connectivity index (χ3v) is 5.10. The number of rotatable bonds is 4. The molecule has 2 aromatic carbocycles. The molecule has 0 spiro atoms. The van der Waals surface area contributed by atoms with Gasteiger partial charge in [-0.25, -0.2) is 0 Å². The molecule has 0 aliphatic heterocycles. The fraction of sp³-hybridized carbons (Fsp3) is 0.286. The zero-order chi connectivity index (χ0) is 16.5. The average Bonchev–Trinajstić information content (AvgIpc) is 3.20. The number of amides is 1. The van der Waals surface area contributed by atoms with E-state index in [0.29, 0.717) is 0 Å². The minimum atomic E-state index is -0.0445. The third kappa shape index (κ3) is 2.71. The fourth-order valence-electron chi connectivity index (χ4n) is 3.74. The SMILES string of the molecule is CC(Cc1c[nH]c2ccccc12)C(=O)NC1CCc2ccccc21. The molecule has 3 nitrogen and oxygen atoms in total. The third-order valence-electron chi connectivity index (χ3n) is 5.10. The maximum absolute atomic E-state index is 12.6. The van der Waals surface area contributed by atoms with Crippen LogP contribution in [0.15, 0.2) is 54.7 Å². The summed E-state index contributed by atoms with van der Waals surface area (Å²) in [5.74, 6) is 0.0963. The Morgan fingerprint density at radius 1 is 1.21 bits per heavy atom. The summed E-state index contributed by atoms with van der Waals surface area (Å²) in [4.78, 5) is 15.9. The highest BCUT2D eigenvalue weighted by molar-refractivity contribution is 5.85. The van der Waals surface area contributed by atoms with Crippen LogP contribution in [0.25, 0.3) is 10.9 Å². The molecule has 3 aromatic rings. The molecule has 122 valence electrons. The van der Waals surface area contributed by atoms with Gasteiger partial charge < -0.3 is 10.3 Å².